The Morgan fingerprint density at radius 2 is 1.65 bits per heavy atom. The fourth-order valence-electron chi connectivity index (χ4n) is 5.32. The van der Waals surface area contributed by atoms with Crippen molar-refractivity contribution in [3.8, 4) is 0 Å². The summed E-state index contributed by atoms with van der Waals surface area (Å²) < 4.78 is 0. The minimum Gasteiger partial charge on any atom is -0.312 e. The molecule has 1 aliphatic carbocycles. The van der Waals surface area contributed by atoms with Gasteiger partial charge in [-0.05, 0) is 67.8 Å². The zero-order valence-corrected chi connectivity index (χ0v) is 21.4. The van der Waals surface area contributed by atoms with Crippen molar-refractivity contribution in [1.82, 2.24) is 10.2 Å². The molecule has 2 aromatic rings. The van der Waals surface area contributed by atoms with Crippen molar-refractivity contribution in [3.05, 3.63) is 108 Å². The third kappa shape index (κ3) is 7.55. The highest BCUT2D eigenvalue weighted by atomic mass is 15.2. The molecule has 34 heavy (non-hydrogen) atoms. The van der Waals surface area contributed by atoms with Crippen molar-refractivity contribution >= 4 is 0 Å². The quantitative estimate of drug-likeness (QED) is 0.243. The van der Waals surface area contributed by atoms with Crippen LogP contribution in [0.25, 0.3) is 0 Å². The van der Waals surface area contributed by atoms with Gasteiger partial charge in [0.25, 0.3) is 0 Å². The summed E-state index contributed by atoms with van der Waals surface area (Å²) in [5, 5.41) is 3.78. The highest BCUT2D eigenvalue weighted by Crippen LogP contribution is 2.30. The highest BCUT2D eigenvalue weighted by Gasteiger charge is 2.24. The van der Waals surface area contributed by atoms with Crippen LogP contribution in [0.4, 0.5) is 0 Å². The summed E-state index contributed by atoms with van der Waals surface area (Å²) in [6, 6.07) is 20.4. The molecule has 2 aromatic carbocycles. The number of nitrogens with one attached hydrogen (secondary N) is 1. The molecule has 1 fully saturated rings. The van der Waals surface area contributed by atoms with Gasteiger partial charge in [-0.25, -0.2) is 0 Å². The van der Waals surface area contributed by atoms with Crippen LogP contribution in [0.2, 0.25) is 0 Å². The van der Waals surface area contributed by atoms with Gasteiger partial charge in [-0.2, -0.15) is 0 Å². The summed E-state index contributed by atoms with van der Waals surface area (Å²) in [7, 11) is 0. The highest BCUT2D eigenvalue weighted by molar-refractivity contribution is 5.29. The zero-order chi connectivity index (χ0) is 24.2. The van der Waals surface area contributed by atoms with Crippen molar-refractivity contribution in [2.75, 3.05) is 6.54 Å². The lowest BCUT2D eigenvalue weighted by Crippen LogP contribution is -2.36. The largest absolute Gasteiger partial charge is 0.312 e. The lowest BCUT2D eigenvalue weighted by molar-refractivity contribution is 0.163. The van der Waals surface area contributed by atoms with Gasteiger partial charge in [0.1, 0.15) is 0 Å². The molecule has 2 heteroatoms. The Bertz CT molecular complexity index is 908. The van der Waals surface area contributed by atoms with E-state index in [1.54, 1.807) is 0 Å². The molecule has 1 saturated carbocycles. The Hall–Kier alpha value is -2.42. The van der Waals surface area contributed by atoms with Gasteiger partial charge in [0, 0.05) is 25.2 Å². The van der Waals surface area contributed by atoms with E-state index in [1.807, 2.05) is 12.2 Å². The maximum absolute atomic E-state index is 4.00. The Balaban J connectivity index is 1.80. The predicted molar refractivity (Wildman–Crippen MR) is 148 cm³/mol. The molecule has 3 rings (SSSR count). The van der Waals surface area contributed by atoms with E-state index >= 15 is 0 Å². The molecule has 2 unspecified atom stereocenters. The molecule has 0 bridgehead atoms. The van der Waals surface area contributed by atoms with Gasteiger partial charge in [-0.1, -0.05) is 98.7 Å². The Morgan fingerprint density at radius 1 is 0.971 bits per heavy atom. The van der Waals surface area contributed by atoms with Crippen LogP contribution in [0.3, 0.4) is 0 Å². The van der Waals surface area contributed by atoms with E-state index in [0.717, 1.165) is 32.0 Å². The molecular formula is C32H44N2. The summed E-state index contributed by atoms with van der Waals surface area (Å²) >= 11 is 0. The summed E-state index contributed by atoms with van der Waals surface area (Å²) in [6.45, 7) is 15.6. The second-order valence-electron chi connectivity index (χ2n) is 9.81. The van der Waals surface area contributed by atoms with Crippen LogP contribution in [0.1, 0.15) is 75.1 Å². The maximum atomic E-state index is 4.00. The fourth-order valence-corrected chi connectivity index (χ4v) is 5.32. The molecule has 0 saturated heterocycles. The number of nitrogens with zero attached hydrogens (tertiary/aromatic N) is 1. The first-order valence-corrected chi connectivity index (χ1v) is 13.1. The van der Waals surface area contributed by atoms with Crippen LogP contribution in [-0.2, 0) is 13.1 Å². The van der Waals surface area contributed by atoms with Crippen LogP contribution in [0.5, 0.6) is 0 Å². The second-order valence-corrected chi connectivity index (χ2v) is 9.81. The van der Waals surface area contributed by atoms with E-state index < -0.39 is 0 Å². The molecule has 0 aromatic heterocycles. The van der Waals surface area contributed by atoms with E-state index in [0.29, 0.717) is 0 Å². The molecule has 1 aliphatic rings. The van der Waals surface area contributed by atoms with Crippen molar-refractivity contribution < 1.29 is 0 Å². The molecule has 0 heterocycles. The number of hydrogen-bond acceptors (Lipinski definition) is 2. The molecule has 0 spiro atoms. The van der Waals surface area contributed by atoms with Crippen LogP contribution in [0, 0.1) is 5.92 Å². The summed E-state index contributed by atoms with van der Waals surface area (Å²) in [4.78, 5) is 2.62. The molecule has 1 N–H and O–H groups in total. The molecular weight excluding hydrogens is 412 g/mol. The lowest BCUT2D eigenvalue weighted by Gasteiger charge is -2.37. The topological polar surface area (TPSA) is 15.3 Å². The van der Waals surface area contributed by atoms with E-state index in [-0.39, 0.29) is 12.1 Å². The summed E-state index contributed by atoms with van der Waals surface area (Å²) in [5.74, 6) is 0.848. The van der Waals surface area contributed by atoms with E-state index in [4.69, 9.17) is 0 Å². The molecule has 0 aliphatic heterocycles. The molecule has 2 atom stereocenters. The van der Waals surface area contributed by atoms with Crippen LogP contribution >= 0.6 is 0 Å². The first-order valence-electron chi connectivity index (χ1n) is 13.1. The monoisotopic (exact) mass is 456 g/mol. The number of rotatable bonds is 13. The predicted octanol–water partition coefficient (Wildman–Crippen LogP) is 8.00. The summed E-state index contributed by atoms with van der Waals surface area (Å²) in [6.07, 6.45) is 13.9. The molecule has 2 nitrogen and oxygen atoms in total. The smallest absolute Gasteiger partial charge is 0.0329 e. The van der Waals surface area contributed by atoms with E-state index in [9.17, 15) is 0 Å². The number of hydrogen-bond donors (Lipinski definition) is 1. The summed E-state index contributed by atoms with van der Waals surface area (Å²) in [5.41, 5.74) is 5.51. The number of benzene rings is 2. The van der Waals surface area contributed by atoms with Gasteiger partial charge in [0.05, 0.1) is 0 Å². The Labute approximate surface area is 208 Å². The van der Waals surface area contributed by atoms with Gasteiger partial charge in [0.2, 0.25) is 0 Å². The van der Waals surface area contributed by atoms with Crippen molar-refractivity contribution in [2.45, 2.75) is 77.5 Å². The lowest BCUT2D eigenvalue weighted by atomic mass is 9.89. The molecule has 0 amide bonds. The van der Waals surface area contributed by atoms with Gasteiger partial charge in [-0.3, -0.25) is 4.90 Å². The van der Waals surface area contributed by atoms with Gasteiger partial charge >= 0.3 is 0 Å². The normalized spacial score (nSPS) is 16.9. The zero-order valence-electron chi connectivity index (χ0n) is 21.4. The average molecular weight is 457 g/mol. The minimum absolute atomic E-state index is 0.273. The van der Waals surface area contributed by atoms with Gasteiger partial charge < -0.3 is 5.32 Å². The fraction of sp³-hybridized carbons (Fsp3) is 0.438. The third-order valence-electron chi connectivity index (χ3n) is 7.47. The maximum Gasteiger partial charge on any atom is 0.0329 e. The second kappa shape index (κ2) is 14.1. The van der Waals surface area contributed by atoms with Crippen LogP contribution in [-0.4, -0.2) is 17.5 Å². The standard InChI is InChI=1S/C32H44N2/c1-5-15-29(16-6-2)26(3)34(27(4)30-19-11-8-12-20-30)25-32-22-14-13-21-31(32)24-33-23-28-17-9-7-10-18-28/h5-6,8,11-15,19-22,26-28,33H,1-2,7,9-10,16-18,23-25H2,3-4H3/b29-15+. The first-order chi connectivity index (χ1) is 16.6. The third-order valence-corrected chi connectivity index (χ3v) is 7.47. The SMILES string of the molecule is C=C/C=C(\CC=C)C(C)N(Cc1ccccc1CNCC1CCCCC1)C(C)c1ccccc1. The van der Waals surface area contributed by atoms with Gasteiger partial charge in [0.15, 0.2) is 0 Å². The first kappa shape index (κ1) is 26.2. The van der Waals surface area contributed by atoms with E-state index in [1.165, 1.54) is 54.4 Å². The Kier molecular flexibility index (Phi) is 10.9. The van der Waals surface area contributed by atoms with Crippen LogP contribution < -0.4 is 5.32 Å². The average Bonchev–Trinajstić information content (AvgIpc) is 2.88. The van der Waals surface area contributed by atoms with E-state index in [2.05, 4.69) is 97.9 Å². The molecule has 182 valence electrons. The molecule has 0 radical (unpaired) electrons. The van der Waals surface area contributed by atoms with Crippen molar-refractivity contribution in [2.24, 2.45) is 5.92 Å². The number of allylic oxidation sites excluding steroid dienone is 3. The van der Waals surface area contributed by atoms with Crippen molar-refractivity contribution in [1.29, 1.82) is 0 Å². The van der Waals surface area contributed by atoms with Gasteiger partial charge in [-0.15, -0.1) is 6.58 Å². The van der Waals surface area contributed by atoms with Crippen molar-refractivity contribution in [3.63, 3.8) is 0 Å². The minimum atomic E-state index is 0.273. The Morgan fingerprint density at radius 3 is 2.32 bits per heavy atom. The van der Waals surface area contributed by atoms with Crippen LogP contribution in [0.15, 0.2) is 91.6 Å².